The molecule has 0 radical (unpaired) electrons. The van der Waals surface area contributed by atoms with Gasteiger partial charge in [0.2, 0.25) is 10.0 Å². The number of alkyl halides is 3. The molecular weight excluding hydrogens is 420 g/mol. The van der Waals surface area contributed by atoms with Crippen molar-refractivity contribution >= 4 is 10.0 Å². The Balaban J connectivity index is 1.63. The number of benzene rings is 2. The second kappa shape index (κ2) is 8.64. The van der Waals surface area contributed by atoms with Crippen LogP contribution in [-0.2, 0) is 22.7 Å². The molecule has 0 bridgehead atoms. The van der Waals surface area contributed by atoms with Crippen LogP contribution in [0.25, 0.3) is 0 Å². The van der Waals surface area contributed by atoms with Crippen LogP contribution in [0.5, 0.6) is 0 Å². The van der Waals surface area contributed by atoms with Gasteiger partial charge < -0.3 is 0 Å². The highest BCUT2D eigenvalue weighted by Gasteiger charge is 2.32. The SMILES string of the molecule is Cc1cc(S(=O)(=O)N2CCC(N(C)Cc3cccc(C(F)(F)F)c3)CC2)ccc1F. The average molecular weight is 444 g/mol. The zero-order chi connectivity index (χ0) is 22.1. The van der Waals surface area contributed by atoms with Crippen LogP contribution in [0.2, 0.25) is 0 Å². The first-order valence-electron chi connectivity index (χ1n) is 9.61. The summed E-state index contributed by atoms with van der Waals surface area (Å²) < 4.78 is 79.2. The zero-order valence-corrected chi connectivity index (χ0v) is 17.6. The van der Waals surface area contributed by atoms with Crippen LogP contribution in [0.1, 0.15) is 29.5 Å². The second-order valence-electron chi connectivity index (χ2n) is 7.66. The Kier molecular flexibility index (Phi) is 6.54. The maximum Gasteiger partial charge on any atom is 0.416 e. The van der Waals surface area contributed by atoms with Crippen molar-refractivity contribution in [3.8, 4) is 0 Å². The number of hydrogen-bond acceptors (Lipinski definition) is 3. The maximum absolute atomic E-state index is 13.5. The van der Waals surface area contributed by atoms with Crippen molar-refractivity contribution < 1.29 is 26.0 Å². The van der Waals surface area contributed by atoms with Crippen molar-refractivity contribution in [1.29, 1.82) is 0 Å². The molecule has 0 spiro atoms. The highest BCUT2D eigenvalue weighted by atomic mass is 32.2. The van der Waals surface area contributed by atoms with E-state index < -0.39 is 27.6 Å². The molecule has 2 aromatic carbocycles. The van der Waals surface area contributed by atoms with E-state index in [0.717, 1.165) is 18.2 Å². The van der Waals surface area contributed by atoms with Crippen LogP contribution < -0.4 is 0 Å². The Hall–Kier alpha value is -1.97. The summed E-state index contributed by atoms with van der Waals surface area (Å²) in [6.45, 7) is 2.47. The molecule has 1 saturated heterocycles. The quantitative estimate of drug-likeness (QED) is 0.641. The summed E-state index contributed by atoms with van der Waals surface area (Å²) in [6, 6.07) is 9.05. The summed E-state index contributed by atoms with van der Waals surface area (Å²) >= 11 is 0. The van der Waals surface area contributed by atoms with E-state index in [4.69, 9.17) is 0 Å². The predicted molar refractivity (Wildman–Crippen MR) is 106 cm³/mol. The van der Waals surface area contributed by atoms with Gasteiger partial charge in [0, 0.05) is 25.7 Å². The van der Waals surface area contributed by atoms with Gasteiger partial charge in [-0.15, -0.1) is 0 Å². The highest BCUT2D eigenvalue weighted by molar-refractivity contribution is 7.89. The lowest BCUT2D eigenvalue weighted by molar-refractivity contribution is -0.137. The van der Waals surface area contributed by atoms with Gasteiger partial charge in [0.05, 0.1) is 10.5 Å². The fourth-order valence-corrected chi connectivity index (χ4v) is 5.27. The standard InChI is InChI=1S/C21H24F4N2O2S/c1-15-12-19(6-7-20(15)22)30(28,29)27-10-8-18(9-11-27)26(2)14-16-4-3-5-17(13-16)21(23,24)25/h3-7,12-13,18H,8-11,14H2,1-2H3. The molecule has 1 aliphatic rings. The van der Waals surface area contributed by atoms with Crippen LogP contribution in [0.4, 0.5) is 17.6 Å². The summed E-state index contributed by atoms with van der Waals surface area (Å²) in [5, 5.41) is 0. The smallest absolute Gasteiger partial charge is 0.299 e. The molecule has 0 atom stereocenters. The largest absolute Gasteiger partial charge is 0.416 e. The van der Waals surface area contributed by atoms with E-state index in [1.54, 1.807) is 6.07 Å². The molecule has 164 valence electrons. The van der Waals surface area contributed by atoms with E-state index in [0.29, 0.717) is 38.0 Å². The minimum Gasteiger partial charge on any atom is -0.299 e. The van der Waals surface area contributed by atoms with Gasteiger partial charge >= 0.3 is 6.18 Å². The summed E-state index contributed by atoms with van der Waals surface area (Å²) in [7, 11) is -1.88. The van der Waals surface area contributed by atoms with Crippen LogP contribution in [-0.4, -0.2) is 43.8 Å². The minimum atomic E-state index is -4.38. The lowest BCUT2D eigenvalue weighted by atomic mass is 10.0. The number of aryl methyl sites for hydroxylation is 1. The number of rotatable bonds is 5. The first-order valence-corrected chi connectivity index (χ1v) is 11.0. The van der Waals surface area contributed by atoms with Gasteiger partial charge in [-0.2, -0.15) is 17.5 Å². The highest BCUT2D eigenvalue weighted by Crippen LogP contribution is 2.30. The Morgan fingerprint density at radius 1 is 1.10 bits per heavy atom. The molecular formula is C21H24F4N2O2S. The molecule has 0 aromatic heterocycles. The Morgan fingerprint density at radius 3 is 2.37 bits per heavy atom. The van der Waals surface area contributed by atoms with Gasteiger partial charge in [-0.1, -0.05) is 18.2 Å². The number of piperidine rings is 1. The average Bonchev–Trinajstić information content (AvgIpc) is 2.69. The lowest BCUT2D eigenvalue weighted by Gasteiger charge is -2.36. The molecule has 0 saturated carbocycles. The molecule has 0 unspecified atom stereocenters. The lowest BCUT2D eigenvalue weighted by Crippen LogP contribution is -2.45. The van der Waals surface area contributed by atoms with E-state index in [-0.39, 0.29) is 16.5 Å². The summed E-state index contributed by atoms with van der Waals surface area (Å²) in [4.78, 5) is 2.03. The van der Waals surface area contributed by atoms with Crippen molar-refractivity contribution in [2.75, 3.05) is 20.1 Å². The Labute approximate surface area is 174 Å². The second-order valence-corrected chi connectivity index (χ2v) is 9.60. The molecule has 2 aromatic rings. The zero-order valence-electron chi connectivity index (χ0n) is 16.8. The third kappa shape index (κ3) is 5.01. The third-order valence-electron chi connectivity index (χ3n) is 5.50. The molecule has 4 nitrogen and oxygen atoms in total. The van der Waals surface area contributed by atoms with Crippen LogP contribution >= 0.6 is 0 Å². The van der Waals surface area contributed by atoms with Crippen LogP contribution in [0, 0.1) is 12.7 Å². The molecule has 1 aliphatic heterocycles. The fourth-order valence-electron chi connectivity index (χ4n) is 3.71. The maximum atomic E-state index is 13.5. The fraction of sp³-hybridized carbons (Fsp3) is 0.429. The first-order chi connectivity index (χ1) is 14.0. The number of hydrogen-bond donors (Lipinski definition) is 0. The molecule has 0 amide bonds. The predicted octanol–water partition coefficient (Wildman–Crippen LogP) is 4.44. The molecule has 30 heavy (non-hydrogen) atoms. The van der Waals surface area contributed by atoms with E-state index in [2.05, 4.69) is 0 Å². The van der Waals surface area contributed by atoms with E-state index in [9.17, 15) is 26.0 Å². The van der Waals surface area contributed by atoms with Gasteiger partial charge in [-0.25, -0.2) is 12.8 Å². The summed E-state index contributed by atoms with van der Waals surface area (Å²) in [5.41, 5.74) is 0.153. The van der Waals surface area contributed by atoms with Crippen molar-refractivity contribution in [1.82, 2.24) is 9.21 Å². The Morgan fingerprint density at radius 2 is 1.77 bits per heavy atom. The van der Waals surface area contributed by atoms with Crippen molar-refractivity contribution in [2.24, 2.45) is 0 Å². The van der Waals surface area contributed by atoms with E-state index in [1.165, 1.54) is 29.4 Å². The van der Waals surface area contributed by atoms with Gasteiger partial charge in [-0.05, 0) is 62.2 Å². The van der Waals surface area contributed by atoms with Crippen molar-refractivity contribution in [3.63, 3.8) is 0 Å². The van der Waals surface area contributed by atoms with E-state index >= 15 is 0 Å². The van der Waals surface area contributed by atoms with Crippen LogP contribution in [0.15, 0.2) is 47.4 Å². The van der Waals surface area contributed by atoms with E-state index in [1.807, 2.05) is 11.9 Å². The summed E-state index contributed by atoms with van der Waals surface area (Å²) in [6.07, 6.45) is -3.25. The number of nitrogens with zero attached hydrogens (tertiary/aromatic N) is 2. The molecule has 0 aliphatic carbocycles. The molecule has 1 heterocycles. The monoisotopic (exact) mass is 444 g/mol. The topological polar surface area (TPSA) is 40.6 Å². The van der Waals surface area contributed by atoms with Crippen molar-refractivity contribution in [3.05, 3.63) is 65.0 Å². The summed E-state index contributed by atoms with van der Waals surface area (Å²) in [5.74, 6) is -0.455. The number of halogens is 4. The molecule has 0 N–H and O–H groups in total. The third-order valence-corrected chi connectivity index (χ3v) is 7.39. The van der Waals surface area contributed by atoms with Gasteiger partial charge in [0.1, 0.15) is 5.82 Å². The van der Waals surface area contributed by atoms with Crippen molar-refractivity contribution in [2.45, 2.75) is 43.4 Å². The molecule has 1 fully saturated rings. The minimum absolute atomic E-state index is 0.0564. The number of sulfonamides is 1. The van der Waals surface area contributed by atoms with Gasteiger partial charge in [0.15, 0.2) is 0 Å². The molecule has 3 rings (SSSR count). The molecule has 9 heteroatoms. The van der Waals surface area contributed by atoms with Crippen LogP contribution in [0.3, 0.4) is 0 Å². The van der Waals surface area contributed by atoms with Gasteiger partial charge in [0.25, 0.3) is 0 Å². The van der Waals surface area contributed by atoms with Gasteiger partial charge in [-0.3, -0.25) is 4.90 Å². The first kappa shape index (κ1) is 22.7. The Bertz CT molecular complexity index is 1000. The normalized spacial score (nSPS) is 16.9.